The predicted octanol–water partition coefficient (Wildman–Crippen LogP) is 5.15. The zero-order valence-electron chi connectivity index (χ0n) is 18.7. The van der Waals surface area contributed by atoms with Crippen molar-refractivity contribution >= 4 is 50.9 Å². The van der Waals surface area contributed by atoms with Gasteiger partial charge in [0.25, 0.3) is 0 Å². The quantitative estimate of drug-likeness (QED) is 0.475. The highest BCUT2D eigenvalue weighted by molar-refractivity contribution is 9.10. The van der Waals surface area contributed by atoms with Crippen LogP contribution in [0.1, 0.15) is 28.4 Å². The fraction of sp³-hybridized carbons (Fsp3) is 0.179. The lowest BCUT2D eigenvalue weighted by atomic mass is 9.64. The number of hydrogen-bond acceptors (Lipinski definition) is 4. The molecule has 35 heavy (non-hydrogen) atoms. The predicted molar refractivity (Wildman–Crippen MR) is 135 cm³/mol. The van der Waals surface area contributed by atoms with Crippen molar-refractivity contribution in [1.29, 1.82) is 0 Å². The summed E-state index contributed by atoms with van der Waals surface area (Å²) in [7, 11) is 0. The molecule has 3 aliphatic rings. The van der Waals surface area contributed by atoms with Gasteiger partial charge in [-0.15, -0.1) is 0 Å². The highest BCUT2D eigenvalue weighted by atomic mass is 79.9. The van der Waals surface area contributed by atoms with Crippen LogP contribution in [0, 0.1) is 11.7 Å². The Hall–Kier alpha value is -3.58. The molecule has 0 bridgehead atoms. The molecule has 6 rings (SSSR count). The Morgan fingerprint density at radius 1 is 1.06 bits per heavy atom. The summed E-state index contributed by atoms with van der Waals surface area (Å²) in [6.07, 6.45) is 3.60. The van der Waals surface area contributed by atoms with E-state index in [9.17, 15) is 18.8 Å². The van der Waals surface area contributed by atoms with E-state index in [0.717, 1.165) is 4.47 Å². The molecule has 0 saturated carbocycles. The third kappa shape index (κ3) is 2.94. The van der Waals surface area contributed by atoms with Crippen LogP contribution in [0.2, 0.25) is 0 Å². The second-order valence-electron chi connectivity index (χ2n) is 9.19. The summed E-state index contributed by atoms with van der Waals surface area (Å²) in [6.45, 7) is 1.45. The standard InChI is InChI=1S/C28H20BrFN2O3/c1-15(33)25-24(26(34)16-6-9-18(29)10-7-16)28(20-4-2-3-5-21(20)31-27(28)35)23-13-8-17-14-19(30)11-12-22(17)32(23)25/h2-14,23-25H,1H3,(H,31,35)/t23-,24+,25+,28-/m0/s1. The Morgan fingerprint density at radius 3 is 2.54 bits per heavy atom. The van der Waals surface area contributed by atoms with Gasteiger partial charge in [0.15, 0.2) is 11.6 Å². The number of nitrogens with zero attached hydrogens (tertiary/aromatic N) is 1. The van der Waals surface area contributed by atoms with Crippen molar-refractivity contribution in [1.82, 2.24) is 0 Å². The van der Waals surface area contributed by atoms with Gasteiger partial charge in [0.05, 0.1) is 18.0 Å². The third-order valence-corrected chi connectivity index (χ3v) is 7.95. The molecule has 3 heterocycles. The summed E-state index contributed by atoms with van der Waals surface area (Å²) in [6, 6.07) is 17.1. The summed E-state index contributed by atoms with van der Waals surface area (Å²) in [4.78, 5) is 43.3. The van der Waals surface area contributed by atoms with Crippen molar-refractivity contribution in [2.24, 2.45) is 5.92 Å². The molecule has 0 unspecified atom stereocenters. The molecule has 4 atom stereocenters. The van der Waals surface area contributed by atoms with E-state index in [1.807, 2.05) is 35.2 Å². The van der Waals surface area contributed by atoms with Crippen molar-refractivity contribution in [3.8, 4) is 0 Å². The Labute approximate surface area is 209 Å². The number of carbonyl (C=O) groups is 3. The van der Waals surface area contributed by atoms with Crippen LogP contribution in [-0.4, -0.2) is 29.6 Å². The van der Waals surface area contributed by atoms with Gasteiger partial charge >= 0.3 is 0 Å². The van der Waals surface area contributed by atoms with Gasteiger partial charge in [0.2, 0.25) is 5.91 Å². The van der Waals surface area contributed by atoms with Gasteiger partial charge in [-0.05, 0) is 48.9 Å². The average molecular weight is 531 g/mol. The molecule has 3 aromatic carbocycles. The Bertz CT molecular complexity index is 1450. The topological polar surface area (TPSA) is 66.5 Å². The van der Waals surface area contributed by atoms with E-state index in [0.29, 0.717) is 28.1 Å². The first kappa shape index (κ1) is 21.9. The highest BCUT2D eigenvalue weighted by Crippen LogP contribution is 2.57. The van der Waals surface area contributed by atoms with Crippen LogP contribution < -0.4 is 10.2 Å². The molecule has 1 N–H and O–H groups in total. The molecular weight excluding hydrogens is 511 g/mol. The fourth-order valence-electron chi connectivity index (χ4n) is 6.10. The highest BCUT2D eigenvalue weighted by Gasteiger charge is 2.69. The molecule has 0 aromatic heterocycles. The minimum atomic E-state index is -1.33. The molecule has 1 saturated heterocycles. The number of halogens is 2. The van der Waals surface area contributed by atoms with Crippen LogP contribution in [0.25, 0.3) is 6.08 Å². The molecule has 0 radical (unpaired) electrons. The summed E-state index contributed by atoms with van der Waals surface area (Å²) >= 11 is 3.40. The van der Waals surface area contributed by atoms with Gasteiger partial charge < -0.3 is 10.2 Å². The lowest BCUT2D eigenvalue weighted by molar-refractivity contribution is -0.122. The zero-order valence-corrected chi connectivity index (χ0v) is 20.3. The minimum absolute atomic E-state index is 0.231. The number of carbonyl (C=O) groups excluding carboxylic acids is 3. The molecule has 174 valence electrons. The van der Waals surface area contributed by atoms with Gasteiger partial charge in [-0.2, -0.15) is 0 Å². The second kappa shape index (κ2) is 7.71. The van der Waals surface area contributed by atoms with Crippen LogP contribution in [0.3, 0.4) is 0 Å². The summed E-state index contributed by atoms with van der Waals surface area (Å²) in [5.74, 6) is -2.22. The van der Waals surface area contributed by atoms with Crippen LogP contribution >= 0.6 is 15.9 Å². The largest absolute Gasteiger partial charge is 0.352 e. The van der Waals surface area contributed by atoms with E-state index in [2.05, 4.69) is 21.2 Å². The van der Waals surface area contributed by atoms with Crippen molar-refractivity contribution in [3.05, 3.63) is 99.8 Å². The molecule has 5 nitrogen and oxygen atoms in total. The molecular formula is C28H20BrFN2O3. The van der Waals surface area contributed by atoms with Crippen molar-refractivity contribution in [2.75, 3.05) is 10.2 Å². The molecule has 3 aliphatic heterocycles. The van der Waals surface area contributed by atoms with E-state index in [1.165, 1.54) is 19.1 Å². The van der Waals surface area contributed by atoms with E-state index in [4.69, 9.17) is 0 Å². The summed E-state index contributed by atoms with van der Waals surface area (Å²) in [5, 5.41) is 2.97. The van der Waals surface area contributed by atoms with Crippen molar-refractivity contribution in [2.45, 2.75) is 24.4 Å². The Balaban J connectivity index is 1.65. The third-order valence-electron chi connectivity index (χ3n) is 7.42. The van der Waals surface area contributed by atoms with Crippen LogP contribution in [-0.2, 0) is 15.0 Å². The molecule has 1 fully saturated rings. The number of anilines is 2. The molecule has 7 heteroatoms. The maximum Gasteiger partial charge on any atom is 0.238 e. The van der Waals surface area contributed by atoms with E-state index in [-0.39, 0.29) is 17.5 Å². The Kier molecular flexibility index (Phi) is 4.83. The first-order valence-corrected chi connectivity index (χ1v) is 12.1. The normalized spacial score (nSPS) is 25.7. The number of nitrogens with one attached hydrogen (secondary N) is 1. The lowest BCUT2D eigenvalue weighted by Crippen LogP contribution is -2.51. The Morgan fingerprint density at radius 2 is 1.80 bits per heavy atom. The number of rotatable bonds is 3. The van der Waals surface area contributed by atoms with Gasteiger partial charge in [-0.3, -0.25) is 14.4 Å². The smallest absolute Gasteiger partial charge is 0.238 e. The molecule has 1 spiro atoms. The van der Waals surface area contributed by atoms with E-state index in [1.54, 1.807) is 36.4 Å². The second-order valence-corrected chi connectivity index (χ2v) is 10.1. The first-order valence-electron chi connectivity index (χ1n) is 11.3. The number of ketones is 2. The maximum atomic E-state index is 14.2. The fourth-order valence-corrected chi connectivity index (χ4v) is 6.36. The number of Topliss-reactive ketones (excluding diaryl/α,β-unsaturated/α-hetero) is 2. The van der Waals surface area contributed by atoms with Gasteiger partial charge in [-0.1, -0.05) is 58.4 Å². The van der Waals surface area contributed by atoms with Crippen molar-refractivity contribution < 1.29 is 18.8 Å². The van der Waals surface area contributed by atoms with Gasteiger partial charge in [0, 0.05) is 27.0 Å². The molecule has 1 amide bonds. The lowest BCUT2D eigenvalue weighted by Gasteiger charge is -2.37. The van der Waals surface area contributed by atoms with Crippen LogP contribution in [0.4, 0.5) is 15.8 Å². The summed E-state index contributed by atoms with van der Waals surface area (Å²) < 4.78 is 14.9. The van der Waals surface area contributed by atoms with Gasteiger partial charge in [-0.25, -0.2) is 4.39 Å². The number of hydrogen-bond donors (Lipinski definition) is 1. The number of amides is 1. The number of benzene rings is 3. The van der Waals surface area contributed by atoms with Crippen LogP contribution in [0.5, 0.6) is 0 Å². The van der Waals surface area contributed by atoms with Crippen molar-refractivity contribution in [3.63, 3.8) is 0 Å². The molecule has 0 aliphatic carbocycles. The average Bonchev–Trinajstić information content (AvgIpc) is 3.32. The minimum Gasteiger partial charge on any atom is -0.352 e. The summed E-state index contributed by atoms with van der Waals surface area (Å²) in [5.41, 5.74) is 1.64. The number of para-hydroxylation sites is 1. The SMILES string of the molecule is CC(=O)[C@@H]1[C@H](C(=O)c2ccc(Br)cc2)[C@@]2(C(=O)Nc3ccccc32)[C@@H]2C=Cc3cc(F)ccc3N12. The van der Waals surface area contributed by atoms with Crippen LogP contribution in [0.15, 0.2) is 77.3 Å². The van der Waals surface area contributed by atoms with E-state index < -0.39 is 29.2 Å². The zero-order chi connectivity index (χ0) is 24.5. The molecule has 3 aromatic rings. The van der Waals surface area contributed by atoms with Gasteiger partial charge in [0.1, 0.15) is 11.2 Å². The maximum absolute atomic E-state index is 14.2. The monoisotopic (exact) mass is 530 g/mol. The first-order chi connectivity index (χ1) is 16.8. The van der Waals surface area contributed by atoms with E-state index >= 15 is 0 Å². The number of fused-ring (bicyclic) bond motifs is 6.